The van der Waals surface area contributed by atoms with Crippen LogP contribution in [-0.2, 0) is 9.59 Å². The van der Waals surface area contributed by atoms with E-state index in [0.29, 0.717) is 61.6 Å². The molecule has 0 spiro atoms. The largest absolute Gasteiger partial charge is 0.352 e. The van der Waals surface area contributed by atoms with Gasteiger partial charge in [0, 0.05) is 44.7 Å². The van der Waals surface area contributed by atoms with Crippen molar-refractivity contribution < 1.29 is 9.59 Å². The van der Waals surface area contributed by atoms with Gasteiger partial charge in [-0.25, -0.2) is 9.97 Å². The summed E-state index contributed by atoms with van der Waals surface area (Å²) in [4.78, 5) is 40.7. The van der Waals surface area contributed by atoms with Gasteiger partial charge in [0.05, 0.1) is 29.5 Å². The summed E-state index contributed by atoms with van der Waals surface area (Å²) in [5.74, 6) is 2.36. The highest BCUT2D eigenvalue weighted by atomic mass is 16.2. The predicted molar refractivity (Wildman–Crippen MR) is 145 cm³/mol. The minimum Gasteiger partial charge on any atom is -0.352 e. The van der Waals surface area contributed by atoms with E-state index >= 15 is 0 Å². The molecule has 196 valence electrons. The highest BCUT2D eigenvalue weighted by Crippen LogP contribution is 2.45. The summed E-state index contributed by atoms with van der Waals surface area (Å²) in [6, 6.07) is 8.17. The molecule has 2 aliphatic heterocycles. The molecule has 2 saturated heterocycles. The van der Waals surface area contributed by atoms with Crippen LogP contribution in [-0.4, -0.2) is 70.3 Å². The summed E-state index contributed by atoms with van der Waals surface area (Å²) in [6.45, 7) is 6.53. The van der Waals surface area contributed by atoms with Gasteiger partial charge in [-0.1, -0.05) is 12.7 Å². The third kappa shape index (κ3) is 4.95. The van der Waals surface area contributed by atoms with Crippen LogP contribution < -0.4 is 10.2 Å². The summed E-state index contributed by atoms with van der Waals surface area (Å²) in [5, 5.41) is 13.5. The number of carbonyl (C=O) groups excluding carboxylic acids is 2. The van der Waals surface area contributed by atoms with Crippen LogP contribution in [0, 0.1) is 17.2 Å². The van der Waals surface area contributed by atoms with Crippen LogP contribution >= 0.6 is 0 Å². The molecular formula is C29H33N7O2. The number of pyridine rings is 2. The van der Waals surface area contributed by atoms with E-state index in [-0.39, 0.29) is 24.4 Å². The standard InChI is InChI=1S/C29H33N7O2/c1-2-19-9-10-31-25(14-19)32-23-15-22(16-30)29(33-28(23)21-7-8-21)35-12-13-36(24(17-35)20-5-6-20)27(38)18-34-11-3-4-26(34)37/h2,9-10,14-15,20-21,24H,1,3-8,11-13,17-18H2,(H,31,32)/t24-/m0/s1. The molecule has 2 saturated carbocycles. The molecule has 0 radical (unpaired) electrons. The van der Waals surface area contributed by atoms with Gasteiger partial charge >= 0.3 is 0 Å². The quantitative estimate of drug-likeness (QED) is 0.577. The molecule has 0 unspecified atom stereocenters. The number of piperazine rings is 1. The van der Waals surface area contributed by atoms with Gasteiger partial charge in [-0.05, 0) is 61.8 Å². The molecule has 38 heavy (non-hydrogen) atoms. The molecule has 2 aliphatic carbocycles. The van der Waals surface area contributed by atoms with E-state index in [2.05, 4.69) is 27.8 Å². The Hall–Kier alpha value is -3.93. The minimum absolute atomic E-state index is 0.0396. The maximum atomic E-state index is 13.2. The van der Waals surface area contributed by atoms with Crippen LogP contribution in [0.3, 0.4) is 0 Å². The third-order valence-corrected chi connectivity index (χ3v) is 8.10. The van der Waals surface area contributed by atoms with Gasteiger partial charge in [-0.3, -0.25) is 9.59 Å². The number of nitrogens with one attached hydrogen (secondary N) is 1. The molecular weight excluding hydrogens is 478 g/mol. The second-order valence-corrected chi connectivity index (χ2v) is 10.8. The zero-order chi connectivity index (χ0) is 26.2. The number of likely N-dealkylation sites (tertiary alicyclic amines) is 1. The molecule has 2 amide bonds. The van der Waals surface area contributed by atoms with Crippen LogP contribution in [0.1, 0.15) is 61.3 Å². The topological polar surface area (TPSA) is 105 Å². The lowest BCUT2D eigenvalue weighted by atomic mass is 10.0. The van der Waals surface area contributed by atoms with Gasteiger partial charge in [0.1, 0.15) is 17.7 Å². The molecule has 4 aliphatic rings. The number of anilines is 3. The van der Waals surface area contributed by atoms with E-state index in [1.54, 1.807) is 17.2 Å². The first-order valence-corrected chi connectivity index (χ1v) is 13.7. The molecule has 9 heteroatoms. The number of nitrogens with zero attached hydrogens (tertiary/aromatic N) is 6. The number of aromatic nitrogens is 2. The number of carbonyl (C=O) groups is 2. The van der Waals surface area contributed by atoms with Gasteiger partial charge in [0.2, 0.25) is 11.8 Å². The van der Waals surface area contributed by atoms with E-state index < -0.39 is 0 Å². The number of nitriles is 1. The summed E-state index contributed by atoms with van der Waals surface area (Å²) in [5.41, 5.74) is 3.28. The van der Waals surface area contributed by atoms with E-state index in [1.807, 2.05) is 23.1 Å². The number of hydrogen-bond acceptors (Lipinski definition) is 7. The fourth-order valence-corrected chi connectivity index (χ4v) is 5.71. The Bertz CT molecular complexity index is 1310. The molecule has 1 atom stereocenters. The number of hydrogen-bond donors (Lipinski definition) is 1. The zero-order valence-electron chi connectivity index (χ0n) is 21.6. The maximum Gasteiger partial charge on any atom is 0.242 e. The predicted octanol–water partition coefficient (Wildman–Crippen LogP) is 3.66. The monoisotopic (exact) mass is 511 g/mol. The van der Waals surface area contributed by atoms with Crippen molar-refractivity contribution in [3.05, 3.63) is 47.8 Å². The summed E-state index contributed by atoms with van der Waals surface area (Å²) in [7, 11) is 0. The molecule has 2 aromatic rings. The second-order valence-electron chi connectivity index (χ2n) is 10.8. The molecule has 0 aromatic carbocycles. The SMILES string of the molecule is C=Cc1ccnc(Nc2cc(C#N)c(N3CCN(C(=O)CN4CCCC4=O)[C@H](C4CC4)C3)nc2C2CC2)c1. The highest BCUT2D eigenvalue weighted by molar-refractivity contribution is 5.86. The average Bonchev–Trinajstić information content (AvgIpc) is 3.87. The van der Waals surface area contributed by atoms with Crippen molar-refractivity contribution in [2.75, 3.05) is 42.9 Å². The van der Waals surface area contributed by atoms with Crippen LogP contribution in [0.15, 0.2) is 31.0 Å². The lowest BCUT2D eigenvalue weighted by Gasteiger charge is -2.43. The van der Waals surface area contributed by atoms with E-state index in [1.165, 1.54) is 0 Å². The van der Waals surface area contributed by atoms with Crippen LogP contribution in [0.25, 0.3) is 6.08 Å². The molecule has 6 rings (SSSR count). The molecule has 1 N–H and O–H groups in total. The van der Waals surface area contributed by atoms with Crippen molar-refractivity contribution in [3.63, 3.8) is 0 Å². The Morgan fingerprint density at radius 2 is 2.05 bits per heavy atom. The van der Waals surface area contributed by atoms with Crippen LogP contribution in [0.2, 0.25) is 0 Å². The molecule has 2 aromatic heterocycles. The highest BCUT2D eigenvalue weighted by Gasteiger charge is 2.42. The minimum atomic E-state index is 0.0396. The van der Waals surface area contributed by atoms with Gasteiger partial charge in [0.25, 0.3) is 0 Å². The second kappa shape index (κ2) is 10.1. The van der Waals surface area contributed by atoms with E-state index in [0.717, 1.165) is 49.0 Å². The van der Waals surface area contributed by atoms with Crippen LogP contribution in [0.5, 0.6) is 0 Å². The number of amides is 2. The Labute approximate surface area is 223 Å². The average molecular weight is 512 g/mol. The van der Waals surface area contributed by atoms with Crippen molar-refractivity contribution in [2.45, 2.75) is 50.5 Å². The Balaban J connectivity index is 1.24. The van der Waals surface area contributed by atoms with Crippen molar-refractivity contribution >= 4 is 35.2 Å². The summed E-state index contributed by atoms with van der Waals surface area (Å²) < 4.78 is 0. The normalized spacial score (nSPS) is 21.4. The van der Waals surface area contributed by atoms with Gasteiger partial charge in [0.15, 0.2) is 0 Å². The Morgan fingerprint density at radius 1 is 1.21 bits per heavy atom. The van der Waals surface area contributed by atoms with Crippen molar-refractivity contribution in [1.29, 1.82) is 5.26 Å². The Morgan fingerprint density at radius 3 is 2.74 bits per heavy atom. The zero-order valence-corrected chi connectivity index (χ0v) is 21.6. The molecule has 9 nitrogen and oxygen atoms in total. The fourth-order valence-electron chi connectivity index (χ4n) is 5.71. The molecule has 4 fully saturated rings. The smallest absolute Gasteiger partial charge is 0.242 e. The van der Waals surface area contributed by atoms with Gasteiger partial charge < -0.3 is 20.0 Å². The lowest BCUT2D eigenvalue weighted by molar-refractivity contribution is -0.140. The lowest BCUT2D eigenvalue weighted by Crippen LogP contribution is -2.58. The molecule has 4 heterocycles. The van der Waals surface area contributed by atoms with Crippen LogP contribution in [0.4, 0.5) is 17.3 Å². The Kier molecular flexibility index (Phi) is 6.48. The fraction of sp³-hybridized carbons (Fsp3) is 0.483. The van der Waals surface area contributed by atoms with Crippen molar-refractivity contribution in [2.24, 2.45) is 5.92 Å². The first-order valence-electron chi connectivity index (χ1n) is 13.7. The van der Waals surface area contributed by atoms with E-state index in [9.17, 15) is 14.9 Å². The summed E-state index contributed by atoms with van der Waals surface area (Å²) >= 11 is 0. The first-order chi connectivity index (χ1) is 18.5. The summed E-state index contributed by atoms with van der Waals surface area (Å²) in [6.07, 6.45) is 9.26. The maximum absolute atomic E-state index is 13.2. The molecule has 0 bridgehead atoms. The van der Waals surface area contributed by atoms with Gasteiger partial charge in [-0.15, -0.1) is 0 Å². The third-order valence-electron chi connectivity index (χ3n) is 8.10. The van der Waals surface area contributed by atoms with E-state index in [4.69, 9.17) is 4.98 Å². The van der Waals surface area contributed by atoms with Crippen molar-refractivity contribution in [3.8, 4) is 6.07 Å². The van der Waals surface area contributed by atoms with Crippen molar-refractivity contribution in [1.82, 2.24) is 19.8 Å². The van der Waals surface area contributed by atoms with Gasteiger partial charge in [-0.2, -0.15) is 5.26 Å². The first kappa shape index (κ1) is 24.4. The number of rotatable bonds is 8.